The van der Waals surface area contributed by atoms with Gasteiger partial charge >= 0.3 is 0 Å². The second kappa shape index (κ2) is 7.82. The molecule has 1 aromatic heterocycles. The van der Waals surface area contributed by atoms with Gasteiger partial charge in [-0.15, -0.1) is 11.8 Å². The van der Waals surface area contributed by atoms with E-state index >= 15 is 0 Å². The van der Waals surface area contributed by atoms with Crippen molar-refractivity contribution in [2.75, 3.05) is 5.75 Å². The average molecular weight is 361 g/mol. The number of carbonyl (C=O) groups excluding carboxylic acids is 1. The highest BCUT2D eigenvalue weighted by molar-refractivity contribution is 7.99. The van der Waals surface area contributed by atoms with Gasteiger partial charge in [-0.25, -0.2) is 9.07 Å². The Balaban J connectivity index is 1.79. The Kier molecular flexibility index (Phi) is 5.53. The molecule has 2 aromatic rings. The predicted octanol–water partition coefficient (Wildman–Crippen LogP) is 3.15. The number of nitrogens with one attached hydrogen (secondary N) is 1. The molecule has 0 aliphatic carbocycles. The van der Waals surface area contributed by atoms with Gasteiger partial charge in [0.05, 0.1) is 6.04 Å². The lowest BCUT2D eigenvalue weighted by atomic mass is 10.0. The zero-order chi connectivity index (χ0) is 17.8. The molecule has 0 radical (unpaired) electrons. The molecular formula is C18H20FN3O2S. The molecule has 25 heavy (non-hydrogen) atoms. The normalized spacial score (nSPS) is 16.3. The number of fused-ring (bicyclic) bond motifs is 1. The Labute approximate surface area is 149 Å². The monoisotopic (exact) mass is 361 g/mol. The van der Waals surface area contributed by atoms with E-state index in [9.17, 15) is 14.0 Å². The van der Waals surface area contributed by atoms with E-state index in [0.717, 1.165) is 35.5 Å². The molecule has 3 rings (SSSR count). The number of rotatable bonds is 5. The first kappa shape index (κ1) is 17.7. The van der Waals surface area contributed by atoms with E-state index in [1.165, 1.54) is 28.9 Å². The molecule has 1 unspecified atom stereocenters. The summed E-state index contributed by atoms with van der Waals surface area (Å²) in [5.74, 6) is 0.191. The summed E-state index contributed by atoms with van der Waals surface area (Å²) >= 11 is 1.66. The number of thioether (sulfide) groups is 1. The molecule has 5 nitrogen and oxygen atoms in total. The maximum atomic E-state index is 13.6. The third-order valence-electron chi connectivity index (χ3n) is 4.14. The van der Waals surface area contributed by atoms with E-state index < -0.39 is 0 Å². The largest absolute Gasteiger partial charge is 0.344 e. The van der Waals surface area contributed by atoms with E-state index in [1.807, 2.05) is 6.92 Å². The number of unbranched alkanes of at least 4 members (excludes halogenated alkanes) is 1. The molecule has 0 fully saturated rings. The molecule has 1 aliphatic rings. The Morgan fingerprint density at radius 2 is 2.24 bits per heavy atom. The van der Waals surface area contributed by atoms with Gasteiger partial charge in [0.25, 0.3) is 11.5 Å². The Morgan fingerprint density at radius 1 is 1.40 bits per heavy atom. The topological polar surface area (TPSA) is 64.0 Å². The number of halogens is 1. The van der Waals surface area contributed by atoms with Gasteiger partial charge in [0.15, 0.2) is 0 Å². The highest BCUT2D eigenvalue weighted by Crippen LogP contribution is 2.36. The number of benzene rings is 1. The fourth-order valence-corrected chi connectivity index (χ4v) is 3.89. The van der Waals surface area contributed by atoms with Crippen LogP contribution in [0.25, 0.3) is 0 Å². The third-order valence-corrected chi connectivity index (χ3v) is 5.26. The van der Waals surface area contributed by atoms with E-state index in [-0.39, 0.29) is 29.0 Å². The van der Waals surface area contributed by atoms with Crippen LogP contribution in [0.5, 0.6) is 0 Å². The minimum Gasteiger partial charge on any atom is -0.344 e. The summed E-state index contributed by atoms with van der Waals surface area (Å²) in [5.41, 5.74) is 0.780. The van der Waals surface area contributed by atoms with E-state index in [1.54, 1.807) is 17.8 Å². The molecule has 7 heteroatoms. The number of amides is 1. The zero-order valence-corrected chi connectivity index (χ0v) is 14.8. The number of hydrogen-bond donors (Lipinski definition) is 1. The summed E-state index contributed by atoms with van der Waals surface area (Å²) in [4.78, 5) is 25.4. The SMILES string of the molecule is CCCCn1nc(C(=O)NC2CCSc3ccc(F)cc32)ccc1=O. The van der Waals surface area contributed by atoms with Crippen LogP contribution in [0.4, 0.5) is 4.39 Å². The molecule has 0 bridgehead atoms. The van der Waals surface area contributed by atoms with Crippen LogP contribution in [0.15, 0.2) is 40.0 Å². The van der Waals surface area contributed by atoms with Crippen molar-refractivity contribution in [2.24, 2.45) is 0 Å². The van der Waals surface area contributed by atoms with Gasteiger partial charge in [-0.1, -0.05) is 13.3 Å². The first-order valence-electron chi connectivity index (χ1n) is 8.39. The van der Waals surface area contributed by atoms with Gasteiger partial charge in [0, 0.05) is 23.3 Å². The van der Waals surface area contributed by atoms with Crippen LogP contribution in [0.3, 0.4) is 0 Å². The van der Waals surface area contributed by atoms with Crippen molar-refractivity contribution in [2.45, 2.75) is 43.7 Å². The van der Waals surface area contributed by atoms with Gasteiger partial charge in [-0.05, 0) is 42.7 Å². The van der Waals surface area contributed by atoms with Crippen molar-refractivity contribution in [3.05, 3.63) is 57.8 Å². The molecule has 2 heterocycles. The molecule has 1 atom stereocenters. The molecule has 132 valence electrons. The zero-order valence-electron chi connectivity index (χ0n) is 14.0. The summed E-state index contributed by atoms with van der Waals surface area (Å²) in [6.07, 6.45) is 2.49. The van der Waals surface area contributed by atoms with Crippen LogP contribution in [0.1, 0.15) is 48.3 Å². The lowest BCUT2D eigenvalue weighted by Gasteiger charge is -2.25. The standard InChI is InChI=1S/C18H20FN3O2S/c1-2-3-9-22-17(23)7-5-15(21-22)18(24)20-14-8-10-25-16-6-4-12(19)11-13(14)16/h4-7,11,14H,2-3,8-10H2,1H3,(H,20,24). The van der Waals surface area contributed by atoms with Crippen molar-refractivity contribution >= 4 is 17.7 Å². The Hall–Kier alpha value is -2.15. The molecule has 0 saturated heterocycles. The molecular weight excluding hydrogens is 341 g/mol. The molecule has 1 N–H and O–H groups in total. The van der Waals surface area contributed by atoms with Crippen molar-refractivity contribution in [3.8, 4) is 0 Å². The summed E-state index contributed by atoms with van der Waals surface area (Å²) < 4.78 is 14.9. The molecule has 1 amide bonds. The minimum atomic E-state index is -0.350. The number of nitrogens with zero attached hydrogens (tertiary/aromatic N) is 2. The highest BCUT2D eigenvalue weighted by Gasteiger charge is 2.24. The van der Waals surface area contributed by atoms with Crippen LogP contribution in [-0.4, -0.2) is 21.4 Å². The van der Waals surface area contributed by atoms with Gasteiger partial charge in [0.1, 0.15) is 11.5 Å². The van der Waals surface area contributed by atoms with Crippen molar-refractivity contribution in [1.29, 1.82) is 0 Å². The van der Waals surface area contributed by atoms with Crippen LogP contribution in [0.2, 0.25) is 0 Å². The number of aromatic nitrogens is 2. The number of carbonyl (C=O) groups is 1. The average Bonchev–Trinajstić information content (AvgIpc) is 2.61. The van der Waals surface area contributed by atoms with E-state index in [2.05, 4.69) is 10.4 Å². The smallest absolute Gasteiger partial charge is 0.272 e. The quantitative estimate of drug-likeness (QED) is 0.889. The van der Waals surface area contributed by atoms with Crippen LogP contribution >= 0.6 is 11.8 Å². The number of hydrogen-bond acceptors (Lipinski definition) is 4. The Morgan fingerprint density at radius 3 is 3.04 bits per heavy atom. The Bertz CT molecular complexity index is 837. The number of aryl methyl sites for hydroxylation is 1. The van der Waals surface area contributed by atoms with Crippen molar-refractivity contribution < 1.29 is 9.18 Å². The van der Waals surface area contributed by atoms with Crippen LogP contribution in [-0.2, 0) is 6.54 Å². The summed E-state index contributed by atoms with van der Waals surface area (Å²) in [6.45, 7) is 2.52. The second-order valence-corrected chi connectivity index (χ2v) is 7.12. The molecule has 1 aromatic carbocycles. The lowest BCUT2D eigenvalue weighted by Crippen LogP contribution is -2.33. The van der Waals surface area contributed by atoms with Gasteiger partial charge < -0.3 is 5.32 Å². The molecule has 0 spiro atoms. The first-order valence-corrected chi connectivity index (χ1v) is 9.38. The van der Waals surface area contributed by atoms with Crippen molar-refractivity contribution in [3.63, 3.8) is 0 Å². The summed E-state index contributed by atoms with van der Waals surface area (Å²) in [7, 11) is 0. The van der Waals surface area contributed by atoms with Gasteiger partial charge in [0.2, 0.25) is 0 Å². The maximum absolute atomic E-state index is 13.6. The fraction of sp³-hybridized carbons (Fsp3) is 0.389. The van der Waals surface area contributed by atoms with Crippen LogP contribution in [0, 0.1) is 5.82 Å². The van der Waals surface area contributed by atoms with Gasteiger partial charge in [-0.2, -0.15) is 5.10 Å². The lowest BCUT2D eigenvalue weighted by molar-refractivity contribution is 0.0927. The highest BCUT2D eigenvalue weighted by atomic mass is 32.2. The minimum absolute atomic E-state index is 0.201. The second-order valence-electron chi connectivity index (χ2n) is 5.98. The van der Waals surface area contributed by atoms with E-state index in [0.29, 0.717) is 6.54 Å². The third kappa shape index (κ3) is 4.10. The van der Waals surface area contributed by atoms with Crippen molar-refractivity contribution in [1.82, 2.24) is 15.1 Å². The molecule has 0 saturated carbocycles. The summed E-state index contributed by atoms with van der Waals surface area (Å²) in [6, 6.07) is 7.20. The van der Waals surface area contributed by atoms with E-state index in [4.69, 9.17) is 0 Å². The first-order chi connectivity index (χ1) is 12.1. The maximum Gasteiger partial charge on any atom is 0.272 e. The van der Waals surface area contributed by atoms with Crippen LogP contribution < -0.4 is 10.9 Å². The van der Waals surface area contributed by atoms with Gasteiger partial charge in [-0.3, -0.25) is 9.59 Å². The summed E-state index contributed by atoms with van der Waals surface area (Å²) in [5, 5.41) is 7.09. The molecule has 1 aliphatic heterocycles. The fourth-order valence-electron chi connectivity index (χ4n) is 2.79. The predicted molar refractivity (Wildman–Crippen MR) is 95.4 cm³/mol.